The molecule has 0 saturated heterocycles. The van der Waals surface area contributed by atoms with Crippen molar-refractivity contribution in [1.29, 1.82) is 0 Å². The van der Waals surface area contributed by atoms with Gasteiger partial charge in [0.25, 0.3) is 5.82 Å². The number of hydrogen-bond donors (Lipinski definition) is 1. The second-order valence-electron chi connectivity index (χ2n) is 8.15. The van der Waals surface area contributed by atoms with Crippen LogP contribution >= 0.6 is 0 Å². The summed E-state index contributed by atoms with van der Waals surface area (Å²) in [7, 11) is 0. The third kappa shape index (κ3) is 7.20. The Morgan fingerprint density at radius 3 is 2.67 bits per heavy atom. The summed E-state index contributed by atoms with van der Waals surface area (Å²) in [4.78, 5) is 16.5. The van der Waals surface area contributed by atoms with Crippen LogP contribution in [0.1, 0.15) is 37.8 Å². The molecule has 7 nitrogen and oxygen atoms in total. The molecule has 3 rings (SSSR count). The van der Waals surface area contributed by atoms with E-state index in [0.29, 0.717) is 32.0 Å². The topological polar surface area (TPSA) is 87.4 Å². The van der Waals surface area contributed by atoms with Gasteiger partial charge in [-0.15, -0.1) is 0 Å². The van der Waals surface area contributed by atoms with E-state index in [-0.39, 0.29) is 12.4 Å². The molecule has 7 heteroatoms. The number of benzene rings is 1. The van der Waals surface area contributed by atoms with E-state index >= 15 is 0 Å². The van der Waals surface area contributed by atoms with Crippen molar-refractivity contribution in [3.05, 3.63) is 89.5 Å². The minimum atomic E-state index is -0.426. The van der Waals surface area contributed by atoms with Crippen LogP contribution in [0.25, 0.3) is 0 Å². The lowest BCUT2D eigenvalue weighted by Gasteiger charge is -2.29. The van der Waals surface area contributed by atoms with E-state index in [1.54, 1.807) is 18.3 Å². The van der Waals surface area contributed by atoms with E-state index in [9.17, 15) is 10.0 Å². The van der Waals surface area contributed by atoms with Crippen LogP contribution in [-0.2, 0) is 21.4 Å². The molecule has 0 bridgehead atoms. The highest BCUT2D eigenvalue weighted by Crippen LogP contribution is 2.32. The maximum absolute atomic E-state index is 12.3. The van der Waals surface area contributed by atoms with Crippen LogP contribution in [0.4, 0.5) is 5.82 Å². The highest BCUT2D eigenvalue weighted by atomic mass is 16.5. The summed E-state index contributed by atoms with van der Waals surface area (Å²) >= 11 is 0. The predicted octanol–water partition coefficient (Wildman–Crippen LogP) is 4.05. The average molecular weight is 450 g/mol. The first kappa shape index (κ1) is 24.0. The van der Waals surface area contributed by atoms with Crippen LogP contribution in [0.15, 0.2) is 73.2 Å². The van der Waals surface area contributed by atoms with Gasteiger partial charge in [-0.25, -0.2) is 4.73 Å². The van der Waals surface area contributed by atoms with Crippen LogP contribution in [0.5, 0.6) is 5.75 Å². The minimum Gasteiger partial charge on any atom is -0.711 e. The van der Waals surface area contributed by atoms with E-state index in [1.807, 2.05) is 55.6 Å². The van der Waals surface area contributed by atoms with E-state index < -0.39 is 5.41 Å². The number of esters is 1. The summed E-state index contributed by atoms with van der Waals surface area (Å²) in [6.45, 7) is 5.42. The molecule has 1 aromatic carbocycles. The molecule has 0 amide bonds. The molecule has 3 aromatic rings. The molecule has 0 spiro atoms. The van der Waals surface area contributed by atoms with E-state index in [0.717, 1.165) is 28.0 Å². The molecule has 0 radical (unpaired) electrons. The molecule has 2 aromatic heterocycles. The fourth-order valence-corrected chi connectivity index (χ4v) is 3.71. The Morgan fingerprint density at radius 1 is 1.15 bits per heavy atom. The van der Waals surface area contributed by atoms with E-state index in [4.69, 9.17) is 9.47 Å². The van der Waals surface area contributed by atoms with Gasteiger partial charge in [0.15, 0.2) is 0 Å². The Morgan fingerprint density at radius 2 is 1.97 bits per heavy atom. The molecule has 0 aliphatic heterocycles. The third-order valence-electron chi connectivity index (χ3n) is 5.44. The second-order valence-corrected chi connectivity index (χ2v) is 8.15. The van der Waals surface area contributed by atoms with Crippen LogP contribution in [0.2, 0.25) is 0 Å². The number of rotatable bonds is 12. The van der Waals surface area contributed by atoms with Crippen molar-refractivity contribution in [2.75, 3.05) is 25.1 Å². The molecule has 0 aliphatic rings. The summed E-state index contributed by atoms with van der Waals surface area (Å²) in [5.41, 5.74) is 1.68. The Bertz CT molecular complexity index is 1010. The zero-order valence-electron chi connectivity index (χ0n) is 19.2. The van der Waals surface area contributed by atoms with Gasteiger partial charge in [0, 0.05) is 30.3 Å². The third-order valence-corrected chi connectivity index (χ3v) is 5.44. The molecule has 1 unspecified atom stereocenters. The number of aromatic nitrogens is 2. The molecule has 1 N–H and O–H groups in total. The monoisotopic (exact) mass is 449 g/mol. The van der Waals surface area contributed by atoms with Crippen molar-refractivity contribution in [1.82, 2.24) is 4.98 Å². The number of pyridine rings is 2. The highest BCUT2D eigenvalue weighted by Gasteiger charge is 2.31. The lowest BCUT2D eigenvalue weighted by atomic mass is 9.75. The second kappa shape index (κ2) is 11.9. The van der Waals surface area contributed by atoms with Crippen molar-refractivity contribution in [3.63, 3.8) is 0 Å². The molecule has 0 saturated carbocycles. The molecule has 2 heterocycles. The Labute approximate surface area is 195 Å². The van der Waals surface area contributed by atoms with Gasteiger partial charge in [-0.3, -0.25) is 15.1 Å². The summed E-state index contributed by atoms with van der Waals surface area (Å²) in [5, 5.41) is 14.7. The summed E-state index contributed by atoms with van der Waals surface area (Å²) in [6, 6.07) is 17.1. The Hall–Kier alpha value is -3.61. The number of carbonyl (C=O) groups excluding carboxylic acids is 1. The molecule has 174 valence electrons. The average Bonchev–Trinajstić information content (AvgIpc) is 2.82. The Balaban J connectivity index is 1.54. The molecular weight excluding hydrogens is 418 g/mol. The van der Waals surface area contributed by atoms with Gasteiger partial charge >= 0.3 is 5.97 Å². The number of carbonyl (C=O) groups is 1. The van der Waals surface area contributed by atoms with E-state index in [1.165, 1.54) is 6.20 Å². The predicted molar refractivity (Wildman–Crippen MR) is 127 cm³/mol. The zero-order chi connectivity index (χ0) is 23.5. The van der Waals surface area contributed by atoms with Gasteiger partial charge in [-0.2, -0.15) is 0 Å². The normalized spacial score (nSPS) is 12.5. The standard InChI is InChI=1S/C26H31N3O4/c1-3-32-25(30)19-26(2,22-8-6-14-27-20-22)18-21-10-12-23(13-11-21)33-17-7-15-28-24-9-4-5-16-29(24)31/h4-6,8-14,16,20,28H,3,7,15,17-19H2,1-2H3. The number of nitrogens with one attached hydrogen (secondary N) is 1. The van der Waals surface area contributed by atoms with Crippen molar-refractivity contribution in [2.24, 2.45) is 0 Å². The van der Waals surface area contributed by atoms with Gasteiger partial charge in [0.05, 0.1) is 32.4 Å². The zero-order valence-corrected chi connectivity index (χ0v) is 19.2. The maximum atomic E-state index is 12.3. The largest absolute Gasteiger partial charge is 0.711 e. The maximum Gasteiger partial charge on any atom is 0.306 e. The first-order valence-corrected chi connectivity index (χ1v) is 11.2. The number of ether oxygens (including phenoxy) is 2. The summed E-state index contributed by atoms with van der Waals surface area (Å²) < 4.78 is 11.8. The van der Waals surface area contributed by atoms with Crippen molar-refractivity contribution >= 4 is 11.8 Å². The molecule has 0 aliphatic carbocycles. The summed E-state index contributed by atoms with van der Waals surface area (Å²) in [5.74, 6) is 1.10. The van der Waals surface area contributed by atoms with Crippen molar-refractivity contribution in [3.8, 4) is 5.75 Å². The van der Waals surface area contributed by atoms with Gasteiger partial charge in [0.2, 0.25) is 0 Å². The quantitative estimate of drug-likeness (QED) is 0.194. The van der Waals surface area contributed by atoms with Crippen molar-refractivity contribution in [2.45, 2.75) is 38.5 Å². The summed E-state index contributed by atoms with van der Waals surface area (Å²) in [6.07, 6.45) is 6.72. The fourth-order valence-electron chi connectivity index (χ4n) is 3.71. The minimum absolute atomic E-state index is 0.213. The SMILES string of the molecule is CCOC(=O)CC(C)(Cc1ccc(OCCCNc2cccc[n+]2[O-])cc1)c1cccnc1. The van der Waals surface area contributed by atoms with Crippen LogP contribution in [0.3, 0.4) is 0 Å². The van der Waals surface area contributed by atoms with Crippen LogP contribution in [0, 0.1) is 5.21 Å². The van der Waals surface area contributed by atoms with Gasteiger partial charge in [-0.05, 0) is 48.7 Å². The van der Waals surface area contributed by atoms with Gasteiger partial charge in [0.1, 0.15) is 5.75 Å². The molecule has 0 fully saturated rings. The molecule has 33 heavy (non-hydrogen) atoms. The number of anilines is 1. The molecule has 1 atom stereocenters. The van der Waals surface area contributed by atoms with Gasteiger partial charge in [-0.1, -0.05) is 31.2 Å². The Kier molecular flexibility index (Phi) is 8.63. The number of nitrogens with zero attached hydrogens (tertiary/aromatic N) is 2. The lowest BCUT2D eigenvalue weighted by Crippen LogP contribution is -2.30. The van der Waals surface area contributed by atoms with Crippen LogP contribution in [-0.4, -0.2) is 30.7 Å². The van der Waals surface area contributed by atoms with Crippen LogP contribution < -0.4 is 14.8 Å². The van der Waals surface area contributed by atoms with E-state index in [2.05, 4.69) is 17.2 Å². The van der Waals surface area contributed by atoms with Crippen molar-refractivity contribution < 1.29 is 19.0 Å². The first-order chi connectivity index (χ1) is 16.0. The molecular formula is C26H31N3O4. The smallest absolute Gasteiger partial charge is 0.306 e. The fraction of sp³-hybridized carbons (Fsp3) is 0.346. The number of hydrogen-bond acceptors (Lipinski definition) is 6. The first-order valence-electron chi connectivity index (χ1n) is 11.2. The lowest BCUT2D eigenvalue weighted by molar-refractivity contribution is -0.590. The van der Waals surface area contributed by atoms with Gasteiger partial charge < -0.3 is 14.7 Å². The highest BCUT2D eigenvalue weighted by molar-refractivity contribution is 5.71.